The average molecular weight is 399 g/mol. The van der Waals surface area contributed by atoms with Crippen LogP contribution in [0, 0.1) is 17.0 Å². The Morgan fingerprint density at radius 1 is 1.04 bits per heavy atom. The number of benzene rings is 3. The molecule has 3 aromatic rings. The molecule has 0 saturated heterocycles. The van der Waals surface area contributed by atoms with Crippen LogP contribution in [0.1, 0.15) is 15.9 Å². The van der Waals surface area contributed by atoms with Gasteiger partial charge in [-0.2, -0.15) is 0 Å². The van der Waals surface area contributed by atoms with Crippen molar-refractivity contribution in [3.05, 3.63) is 93.0 Å². The maximum Gasteiger partial charge on any atom is 0.270 e. The van der Waals surface area contributed by atoms with Crippen molar-refractivity contribution < 1.29 is 9.72 Å². The second-order valence-electron chi connectivity index (χ2n) is 5.81. The van der Waals surface area contributed by atoms with Crippen LogP contribution in [0.3, 0.4) is 0 Å². The van der Waals surface area contributed by atoms with Crippen LogP contribution in [-0.2, 0) is 0 Å². The highest BCUT2D eigenvalue weighted by Crippen LogP contribution is 2.33. The molecule has 27 heavy (non-hydrogen) atoms. The molecule has 0 heterocycles. The maximum atomic E-state index is 12.8. The lowest BCUT2D eigenvalue weighted by atomic mass is 10.1. The molecule has 0 bridgehead atoms. The molecule has 0 radical (unpaired) electrons. The minimum atomic E-state index is -0.514. The molecule has 3 aromatic carbocycles. The van der Waals surface area contributed by atoms with E-state index in [0.29, 0.717) is 15.6 Å². The lowest BCUT2D eigenvalue weighted by molar-refractivity contribution is -0.384. The molecule has 0 fully saturated rings. The summed E-state index contributed by atoms with van der Waals surface area (Å²) in [6, 6.07) is 18.8. The number of nitro groups is 1. The molecule has 0 aliphatic rings. The van der Waals surface area contributed by atoms with Crippen LogP contribution in [0.2, 0.25) is 5.02 Å². The molecule has 0 unspecified atom stereocenters. The number of anilines is 1. The Bertz CT molecular complexity index is 989. The number of carbonyl (C=O) groups is 1. The van der Waals surface area contributed by atoms with E-state index in [2.05, 4.69) is 5.32 Å². The third-order valence-corrected chi connectivity index (χ3v) is 5.11. The van der Waals surface area contributed by atoms with Gasteiger partial charge in [-0.1, -0.05) is 41.1 Å². The number of nitrogens with zero attached hydrogens (tertiary/aromatic N) is 1. The summed E-state index contributed by atoms with van der Waals surface area (Å²) in [5.41, 5.74) is 1.80. The fraction of sp³-hybridized carbons (Fsp3) is 0.0500. The highest BCUT2D eigenvalue weighted by Gasteiger charge is 2.18. The molecule has 0 aliphatic carbocycles. The van der Waals surface area contributed by atoms with E-state index in [9.17, 15) is 14.9 Å². The van der Waals surface area contributed by atoms with Gasteiger partial charge in [0.15, 0.2) is 0 Å². The molecule has 3 rings (SSSR count). The van der Waals surface area contributed by atoms with Crippen LogP contribution < -0.4 is 5.32 Å². The number of rotatable bonds is 5. The van der Waals surface area contributed by atoms with E-state index in [4.69, 9.17) is 11.6 Å². The number of hydrogen-bond acceptors (Lipinski definition) is 4. The molecule has 0 aliphatic heterocycles. The molecule has 0 aromatic heterocycles. The highest BCUT2D eigenvalue weighted by molar-refractivity contribution is 7.99. The Kier molecular flexibility index (Phi) is 5.78. The normalized spacial score (nSPS) is 10.4. The van der Waals surface area contributed by atoms with Gasteiger partial charge in [-0.15, -0.1) is 0 Å². The lowest BCUT2D eigenvalue weighted by Crippen LogP contribution is -2.13. The van der Waals surface area contributed by atoms with E-state index in [1.165, 1.54) is 23.9 Å². The van der Waals surface area contributed by atoms with E-state index in [1.54, 1.807) is 30.3 Å². The quantitative estimate of drug-likeness (QED) is 0.425. The van der Waals surface area contributed by atoms with Gasteiger partial charge >= 0.3 is 0 Å². The van der Waals surface area contributed by atoms with Crippen molar-refractivity contribution in [1.29, 1.82) is 0 Å². The van der Waals surface area contributed by atoms with Gasteiger partial charge in [0.05, 0.1) is 10.5 Å². The summed E-state index contributed by atoms with van der Waals surface area (Å²) < 4.78 is 0. The molecule has 0 saturated carbocycles. The molecule has 5 nitrogen and oxygen atoms in total. The molecule has 1 amide bonds. The molecular formula is C20H15ClN2O3S. The predicted molar refractivity (Wildman–Crippen MR) is 108 cm³/mol. The first-order valence-electron chi connectivity index (χ1n) is 8.02. The Morgan fingerprint density at radius 3 is 2.33 bits per heavy atom. The zero-order valence-electron chi connectivity index (χ0n) is 14.3. The standard InChI is InChI=1S/C20H15ClN2O3S/c1-13-2-6-15(7-3-13)22-20(24)18-12-16(23(25)26)8-11-19(18)27-17-9-4-14(21)5-10-17/h2-12H,1H3,(H,22,24). The minimum Gasteiger partial charge on any atom is -0.322 e. The van der Waals surface area contributed by atoms with Crippen molar-refractivity contribution in [1.82, 2.24) is 0 Å². The van der Waals surface area contributed by atoms with E-state index in [1.807, 2.05) is 31.2 Å². The number of nitrogens with one attached hydrogen (secondary N) is 1. The van der Waals surface area contributed by atoms with Crippen LogP contribution in [0.15, 0.2) is 76.5 Å². The third-order valence-electron chi connectivity index (χ3n) is 3.77. The maximum absolute atomic E-state index is 12.8. The number of aryl methyl sites for hydroxylation is 1. The first kappa shape index (κ1) is 18.9. The van der Waals surface area contributed by atoms with Crippen molar-refractivity contribution >= 4 is 40.6 Å². The molecule has 0 spiro atoms. The highest BCUT2D eigenvalue weighted by atomic mass is 35.5. The van der Waals surface area contributed by atoms with Gasteiger partial charge in [0.1, 0.15) is 0 Å². The van der Waals surface area contributed by atoms with Crippen LogP contribution in [0.5, 0.6) is 0 Å². The van der Waals surface area contributed by atoms with Gasteiger partial charge in [-0.25, -0.2) is 0 Å². The van der Waals surface area contributed by atoms with Crippen LogP contribution >= 0.6 is 23.4 Å². The zero-order chi connectivity index (χ0) is 19.4. The summed E-state index contributed by atoms with van der Waals surface area (Å²) in [6.07, 6.45) is 0. The fourth-order valence-electron chi connectivity index (χ4n) is 2.36. The van der Waals surface area contributed by atoms with Gasteiger partial charge in [-0.05, 0) is 49.4 Å². The van der Waals surface area contributed by atoms with Gasteiger partial charge in [0, 0.05) is 32.6 Å². The van der Waals surface area contributed by atoms with Gasteiger partial charge in [0.2, 0.25) is 0 Å². The Morgan fingerprint density at radius 2 is 1.70 bits per heavy atom. The fourth-order valence-corrected chi connectivity index (χ4v) is 3.41. The second-order valence-corrected chi connectivity index (χ2v) is 7.37. The monoisotopic (exact) mass is 398 g/mol. The smallest absolute Gasteiger partial charge is 0.270 e. The van der Waals surface area contributed by atoms with Crippen molar-refractivity contribution in [3.63, 3.8) is 0 Å². The number of hydrogen-bond donors (Lipinski definition) is 1. The number of non-ortho nitro benzene ring substituents is 1. The first-order chi connectivity index (χ1) is 12.9. The summed E-state index contributed by atoms with van der Waals surface area (Å²) in [6.45, 7) is 1.95. The van der Waals surface area contributed by atoms with E-state index < -0.39 is 10.8 Å². The average Bonchev–Trinajstić information content (AvgIpc) is 2.65. The summed E-state index contributed by atoms with van der Waals surface area (Å²) in [5.74, 6) is -0.404. The Hall–Kier alpha value is -2.83. The van der Waals surface area contributed by atoms with Crippen molar-refractivity contribution in [2.45, 2.75) is 16.7 Å². The van der Waals surface area contributed by atoms with E-state index >= 15 is 0 Å². The lowest BCUT2D eigenvalue weighted by Gasteiger charge is -2.10. The summed E-state index contributed by atoms with van der Waals surface area (Å²) >= 11 is 7.25. The topological polar surface area (TPSA) is 72.2 Å². The number of carbonyl (C=O) groups excluding carboxylic acids is 1. The molecular weight excluding hydrogens is 384 g/mol. The summed E-state index contributed by atoms with van der Waals surface area (Å²) in [5, 5.41) is 14.5. The van der Waals surface area contributed by atoms with Crippen LogP contribution in [0.25, 0.3) is 0 Å². The molecule has 136 valence electrons. The van der Waals surface area contributed by atoms with Crippen molar-refractivity contribution in [2.75, 3.05) is 5.32 Å². The van der Waals surface area contributed by atoms with Gasteiger partial charge < -0.3 is 5.32 Å². The predicted octanol–water partition coefficient (Wildman–Crippen LogP) is 5.96. The van der Waals surface area contributed by atoms with Crippen molar-refractivity contribution in [2.24, 2.45) is 0 Å². The van der Waals surface area contributed by atoms with Crippen LogP contribution in [0.4, 0.5) is 11.4 Å². The molecule has 1 N–H and O–H groups in total. The summed E-state index contributed by atoms with van der Waals surface area (Å²) in [7, 11) is 0. The number of amides is 1. The molecule has 7 heteroatoms. The second kappa shape index (κ2) is 8.24. The van der Waals surface area contributed by atoms with E-state index in [0.717, 1.165) is 10.5 Å². The van der Waals surface area contributed by atoms with Gasteiger partial charge in [-0.3, -0.25) is 14.9 Å². The third kappa shape index (κ3) is 4.87. The van der Waals surface area contributed by atoms with E-state index in [-0.39, 0.29) is 11.3 Å². The van der Waals surface area contributed by atoms with Gasteiger partial charge in [0.25, 0.3) is 11.6 Å². The van der Waals surface area contributed by atoms with Crippen molar-refractivity contribution in [3.8, 4) is 0 Å². The largest absolute Gasteiger partial charge is 0.322 e. The Labute approximate surface area is 165 Å². The SMILES string of the molecule is Cc1ccc(NC(=O)c2cc([N+](=O)[O-])ccc2Sc2ccc(Cl)cc2)cc1. The molecule has 0 atom stereocenters. The van der Waals surface area contributed by atoms with Crippen LogP contribution in [-0.4, -0.2) is 10.8 Å². The zero-order valence-corrected chi connectivity index (χ0v) is 15.9. The summed E-state index contributed by atoms with van der Waals surface area (Å²) in [4.78, 5) is 24.9. The Balaban J connectivity index is 1.93. The number of nitro benzene ring substituents is 1. The minimum absolute atomic E-state index is 0.135. The first-order valence-corrected chi connectivity index (χ1v) is 9.22. The number of halogens is 1.